The lowest BCUT2D eigenvalue weighted by atomic mass is 10.1. The summed E-state index contributed by atoms with van der Waals surface area (Å²) < 4.78 is 11.9. The summed E-state index contributed by atoms with van der Waals surface area (Å²) >= 11 is 7.47. The molecule has 3 aromatic carbocycles. The van der Waals surface area contributed by atoms with E-state index in [4.69, 9.17) is 16.3 Å². The molecule has 1 amide bonds. The zero-order valence-electron chi connectivity index (χ0n) is 19.3. The molecule has 35 heavy (non-hydrogen) atoms. The molecule has 0 radical (unpaired) electrons. The van der Waals surface area contributed by atoms with Crippen molar-refractivity contribution < 1.29 is 9.53 Å². The van der Waals surface area contributed by atoms with Crippen molar-refractivity contribution in [2.75, 3.05) is 49.5 Å². The van der Waals surface area contributed by atoms with Gasteiger partial charge in [0.25, 0.3) is 0 Å². The molecule has 2 heterocycles. The summed E-state index contributed by atoms with van der Waals surface area (Å²) in [7, 11) is 0. The Hall–Kier alpha value is -3.13. The predicted octanol–water partition coefficient (Wildman–Crippen LogP) is 5.33. The maximum atomic E-state index is 12.3. The van der Waals surface area contributed by atoms with Gasteiger partial charge in [0, 0.05) is 48.8 Å². The van der Waals surface area contributed by atoms with E-state index in [2.05, 4.69) is 43.8 Å². The molecule has 1 fully saturated rings. The lowest BCUT2D eigenvalue weighted by molar-refractivity contribution is -0.115. The van der Waals surface area contributed by atoms with Gasteiger partial charge in [-0.2, -0.15) is 4.37 Å². The van der Waals surface area contributed by atoms with E-state index in [-0.39, 0.29) is 5.91 Å². The number of carbonyl (C=O) groups excluding carboxylic acids is 1. The molecule has 1 aliphatic heterocycles. The molecule has 0 atom stereocenters. The topological polar surface area (TPSA) is 57.7 Å². The van der Waals surface area contributed by atoms with Crippen LogP contribution in [0, 0.1) is 0 Å². The molecule has 0 unspecified atom stereocenters. The Morgan fingerprint density at radius 3 is 2.49 bits per heavy atom. The number of hydrogen-bond donors (Lipinski definition) is 1. The van der Waals surface area contributed by atoms with E-state index in [1.165, 1.54) is 10.1 Å². The number of piperazine rings is 1. The first-order valence-electron chi connectivity index (χ1n) is 11.7. The minimum atomic E-state index is -0.0641. The third kappa shape index (κ3) is 6.11. The zero-order chi connectivity index (χ0) is 24.0. The van der Waals surface area contributed by atoms with Gasteiger partial charge in [0.1, 0.15) is 18.2 Å². The molecule has 0 saturated carbocycles. The Morgan fingerprint density at radius 2 is 1.71 bits per heavy atom. The van der Waals surface area contributed by atoms with Gasteiger partial charge in [-0.3, -0.25) is 9.69 Å². The van der Waals surface area contributed by atoms with Crippen LogP contribution >= 0.6 is 23.1 Å². The Balaban J connectivity index is 1.03. The SMILES string of the molecule is O=C(Cc1ccc(Cl)cc1)Nc1ccc(OCCN2CCN(c3nsc4ccccc34)CC2)cc1. The summed E-state index contributed by atoms with van der Waals surface area (Å²) in [6.45, 7) is 5.44. The summed E-state index contributed by atoms with van der Waals surface area (Å²) in [5.41, 5.74) is 1.68. The average molecular weight is 507 g/mol. The minimum absolute atomic E-state index is 0.0641. The van der Waals surface area contributed by atoms with Crippen molar-refractivity contribution in [1.29, 1.82) is 0 Å². The fraction of sp³-hybridized carbons (Fsp3) is 0.259. The van der Waals surface area contributed by atoms with Crippen LogP contribution in [-0.4, -0.2) is 54.5 Å². The van der Waals surface area contributed by atoms with E-state index in [9.17, 15) is 4.79 Å². The smallest absolute Gasteiger partial charge is 0.228 e. The zero-order valence-corrected chi connectivity index (χ0v) is 20.9. The van der Waals surface area contributed by atoms with Crippen molar-refractivity contribution in [1.82, 2.24) is 9.27 Å². The van der Waals surface area contributed by atoms with E-state index in [1.54, 1.807) is 23.7 Å². The molecule has 180 valence electrons. The summed E-state index contributed by atoms with van der Waals surface area (Å²) in [4.78, 5) is 17.1. The lowest BCUT2D eigenvalue weighted by Crippen LogP contribution is -2.47. The van der Waals surface area contributed by atoms with Crippen LogP contribution in [0.15, 0.2) is 72.8 Å². The number of nitrogens with zero attached hydrogens (tertiary/aromatic N) is 3. The first-order chi connectivity index (χ1) is 17.1. The molecule has 4 aromatic rings. The van der Waals surface area contributed by atoms with E-state index in [0.29, 0.717) is 18.1 Å². The molecule has 0 bridgehead atoms. The second-order valence-electron chi connectivity index (χ2n) is 8.56. The van der Waals surface area contributed by atoms with Crippen LogP contribution < -0.4 is 15.0 Å². The van der Waals surface area contributed by atoms with Crippen molar-refractivity contribution >= 4 is 50.6 Å². The maximum Gasteiger partial charge on any atom is 0.228 e. The molecule has 1 N–H and O–H groups in total. The number of ether oxygens (including phenoxy) is 1. The first kappa shape index (κ1) is 23.6. The van der Waals surface area contributed by atoms with E-state index < -0.39 is 0 Å². The van der Waals surface area contributed by atoms with E-state index in [1.807, 2.05) is 36.4 Å². The largest absolute Gasteiger partial charge is 0.492 e. The third-order valence-corrected chi connectivity index (χ3v) is 7.19. The van der Waals surface area contributed by atoms with Gasteiger partial charge in [-0.15, -0.1) is 0 Å². The van der Waals surface area contributed by atoms with Crippen LogP contribution in [0.3, 0.4) is 0 Å². The van der Waals surface area contributed by atoms with Gasteiger partial charge in [-0.25, -0.2) is 0 Å². The lowest BCUT2D eigenvalue weighted by Gasteiger charge is -2.34. The Morgan fingerprint density at radius 1 is 0.971 bits per heavy atom. The Kier molecular flexibility index (Phi) is 7.47. The summed E-state index contributed by atoms with van der Waals surface area (Å²) in [5.74, 6) is 1.85. The molecule has 1 saturated heterocycles. The number of rotatable bonds is 8. The third-order valence-electron chi connectivity index (χ3n) is 6.12. The molecule has 5 rings (SSSR count). The highest BCUT2D eigenvalue weighted by Gasteiger charge is 2.20. The summed E-state index contributed by atoms with van der Waals surface area (Å²) in [6.07, 6.45) is 0.307. The molecule has 6 nitrogen and oxygen atoms in total. The van der Waals surface area contributed by atoms with Gasteiger partial charge in [0.15, 0.2) is 0 Å². The van der Waals surface area contributed by atoms with Crippen molar-refractivity contribution in [2.24, 2.45) is 0 Å². The van der Waals surface area contributed by atoms with Crippen LogP contribution in [0.25, 0.3) is 10.1 Å². The highest BCUT2D eigenvalue weighted by atomic mass is 35.5. The van der Waals surface area contributed by atoms with Crippen molar-refractivity contribution in [2.45, 2.75) is 6.42 Å². The molecule has 1 aromatic heterocycles. The van der Waals surface area contributed by atoms with Gasteiger partial charge in [0.05, 0.1) is 11.1 Å². The number of hydrogen-bond acceptors (Lipinski definition) is 6. The fourth-order valence-electron chi connectivity index (χ4n) is 4.20. The second kappa shape index (κ2) is 11.1. The molecule has 1 aliphatic rings. The molecule has 0 aliphatic carbocycles. The fourth-order valence-corrected chi connectivity index (χ4v) is 5.13. The number of aromatic nitrogens is 1. The first-order valence-corrected chi connectivity index (χ1v) is 12.9. The van der Waals surface area contributed by atoms with Gasteiger partial charge in [-0.1, -0.05) is 35.9 Å². The maximum absolute atomic E-state index is 12.3. The normalized spacial score (nSPS) is 14.3. The number of anilines is 2. The summed E-state index contributed by atoms with van der Waals surface area (Å²) in [6, 6.07) is 23.3. The number of amides is 1. The predicted molar refractivity (Wildman–Crippen MR) is 144 cm³/mol. The monoisotopic (exact) mass is 506 g/mol. The molecule has 0 spiro atoms. The number of fused-ring (bicyclic) bond motifs is 1. The average Bonchev–Trinajstić information content (AvgIpc) is 3.31. The molecular formula is C27H27ClN4O2S. The quantitative estimate of drug-likeness (QED) is 0.350. The van der Waals surface area contributed by atoms with Gasteiger partial charge in [0.2, 0.25) is 5.91 Å². The van der Waals surface area contributed by atoms with Crippen LogP contribution in [0.4, 0.5) is 11.5 Å². The molecular weight excluding hydrogens is 480 g/mol. The highest BCUT2D eigenvalue weighted by Crippen LogP contribution is 2.29. The standard InChI is InChI=1S/C27H27ClN4O2S/c28-21-7-5-20(6-8-21)19-26(33)29-22-9-11-23(12-10-22)34-18-17-31-13-15-32(16-14-31)27-24-3-1-2-4-25(24)35-30-27/h1-12H,13-19H2,(H,29,33). The van der Waals surface area contributed by atoms with Gasteiger partial charge >= 0.3 is 0 Å². The number of carbonyl (C=O) groups is 1. The van der Waals surface area contributed by atoms with Crippen molar-refractivity contribution in [3.05, 3.63) is 83.4 Å². The summed E-state index contributed by atoms with van der Waals surface area (Å²) in [5, 5.41) is 4.83. The number of halogens is 1. The van der Waals surface area contributed by atoms with Gasteiger partial charge in [-0.05, 0) is 65.6 Å². The number of nitrogens with one attached hydrogen (secondary N) is 1. The second-order valence-corrected chi connectivity index (χ2v) is 9.80. The van der Waals surface area contributed by atoms with E-state index in [0.717, 1.165) is 55.5 Å². The van der Waals surface area contributed by atoms with Crippen molar-refractivity contribution in [3.8, 4) is 5.75 Å². The van der Waals surface area contributed by atoms with Crippen LogP contribution in [0.2, 0.25) is 5.02 Å². The molecule has 8 heteroatoms. The van der Waals surface area contributed by atoms with Crippen LogP contribution in [-0.2, 0) is 11.2 Å². The van der Waals surface area contributed by atoms with Crippen molar-refractivity contribution in [3.63, 3.8) is 0 Å². The Bertz CT molecular complexity index is 1270. The van der Waals surface area contributed by atoms with Crippen LogP contribution in [0.5, 0.6) is 5.75 Å². The van der Waals surface area contributed by atoms with Gasteiger partial charge < -0.3 is 15.0 Å². The Labute approximate surface area is 214 Å². The van der Waals surface area contributed by atoms with Crippen LogP contribution in [0.1, 0.15) is 5.56 Å². The highest BCUT2D eigenvalue weighted by molar-refractivity contribution is 7.13. The van der Waals surface area contributed by atoms with E-state index >= 15 is 0 Å². The minimum Gasteiger partial charge on any atom is -0.492 e. The number of benzene rings is 3.